The van der Waals surface area contributed by atoms with Crippen molar-refractivity contribution in [2.24, 2.45) is 15.1 Å². The van der Waals surface area contributed by atoms with E-state index >= 15 is 4.39 Å². The van der Waals surface area contributed by atoms with Crippen molar-refractivity contribution in [1.29, 1.82) is 0 Å². The lowest BCUT2D eigenvalue weighted by molar-refractivity contribution is 0.434. The van der Waals surface area contributed by atoms with Crippen LogP contribution in [0.3, 0.4) is 0 Å². The number of nitrogens with zero attached hydrogens (tertiary/aromatic N) is 5. The van der Waals surface area contributed by atoms with E-state index in [0.717, 1.165) is 25.7 Å². The highest BCUT2D eigenvalue weighted by atomic mass is 35.5. The van der Waals surface area contributed by atoms with Crippen LogP contribution in [0.4, 0.5) is 4.39 Å². The van der Waals surface area contributed by atoms with E-state index in [1.807, 2.05) is 14.0 Å². The zero-order chi connectivity index (χ0) is 23.2. The molecular formula is C23H24ClFN6OS. The van der Waals surface area contributed by atoms with Crippen molar-refractivity contribution in [2.45, 2.75) is 42.9 Å². The van der Waals surface area contributed by atoms with Crippen LogP contribution >= 0.6 is 11.6 Å². The number of benzene rings is 1. The van der Waals surface area contributed by atoms with E-state index in [1.165, 1.54) is 18.5 Å². The summed E-state index contributed by atoms with van der Waals surface area (Å²) < 4.78 is 25.2. The summed E-state index contributed by atoms with van der Waals surface area (Å²) in [5.74, 6) is 1.77. The molecule has 1 fully saturated rings. The fourth-order valence-electron chi connectivity index (χ4n) is 4.79. The van der Waals surface area contributed by atoms with E-state index in [1.54, 1.807) is 18.2 Å². The first-order valence-electron chi connectivity index (χ1n) is 10.8. The van der Waals surface area contributed by atoms with Crippen molar-refractivity contribution in [3.05, 3.63) is 53.1 Å². The maximum Gasteiger partial charge on any atom is 0.181 e. The minimum atomic E-state index is -0.817. The van der Waals surface area contributed by atoms with Crippen molar-refractivity contribution >= 4 is 28.1 Å². The minimum Gasteiger partial charge on any atom is -0.386 e. The Morgan fingerprint density at radius 2 is 1.91 bits per heavy atom. The van der Waals surface area contributed by atoms with Crippen LogP contribution in [-0.4, -0.2) is 38.5 Å². The Balaban J connectivity index is 1.53. The summed E-state index contributed by atoms with van der Waals surface area (Å²) in [6, 6.07) is 6.58. The Morgan fingerprint density at radius 1 is 1.18 bits per heavy atom. The lowest BCUT2D eigenvalue weighted by Gasteiger charge is -2.42. The summed E-state index contributed by atoms with van der Waals surface area (Å²) in [6.45, 7) is 1.93. The lowest BCUT2D eigenvalue weighted by Crippen LogP contribution is -2.54. The van der Waals surface area contributed by atoms with Gasteiger partial charge < -0.3 is 10.3 Å². The molecule has 2 N–H and O–H groups in total. The van der Waals surface area contributed by atoms with E-state index in [9.17, 15) is 0 Å². The molecule has 0 amide bonds. The topological polar surface area (TPSA) is 103 Å². The Morgan fingerprint density at radius 3 is 2.61 bits per heavy atom. The number of nitrogens with two attached hydrogens (primary N) is 1. The number of aromatic nitrogens is 3. The Hall–Kier alpha value is -2.65. The van der Waals surface area contributed by atoms with Crippen LogP contribution in [0, 0.1) is 5.82 Å². The molecule has 1 saturated carbocycles. The number of rotatable bonds is 3. The van der Waals surface area contributed by atoms with Crippen LogP contribution in [0.2, 0.25) is 5.02 Å². The van der Waals surface area contributed by atoms with E-state index in [4.69, 9.17) is 31.2 Å². The largest absolute Gasteiger partial charge is 0.386 e. The van der Waals surface area contributed by atoms with Crippen LogP contribution in [-0.2, 0) is 16.2 Å². The van der Waals surface area contributed by atoms with Crippen molar-refractivity contribution in [1.82, 2.24) is 15.1 Å². The van der Waals surface area contributed by atoms with E-state index < -0.39 is 5.54 Å². The molecule has 10 heteroatoms. The second kappa shape index (κ2) is 8.29. The Labute approximate surface area is 198 Å². The van der Waals surface area contributed by atoms with Gasteiger partial charge in [0, 0.05) is 42.4 Å². The molecule has 1 spiro atoms. The van der Waals surface area contributed by atoms with Crippen LogP contribution in [0.15, 0.2) is 50.5 Å². The first-order chi connectivity index (χ1) is 15.8. The highest BCUT2D eigenvalue weighted by Crippen LogP contribution is 2.45. The van der Waals surface area contributed by atoms with Crippen molar-refractivity contribution < 1.29 is 8.91 Å². The van der Waals surface area contributed by atoms with Gasteiger partial charge in [0.05, 0.1) is 15.3 Å². The molecule has 2 atom stereocenters. The summed E-state index contributed by atoms with van der Waals surface area (Å²) in [7, 11) is 1.51. The zero-order valence-corrected chi connectivity index (χ0v) is 20.0. The molecule has 2 aromatic heterocycles. The molecule has 1 aliphatic carbocycles. The van der Waals surface area contributed by atoms with Gasteiger partial charge in [-0.2, -0.15) is 0 Å². The van der Waals surface area contributed by atoms with Gasteiger partial charge in [-0.3, -0.25) is 9.36 Å². The number of hydrogen-bond donors (Lipinski definition) is 1. The standard InChI is InChI=1S/C23H24ClFN6OS/c1-22(13-33(27-2)23(21(26)30-22)7-3-4-8-23)16-9-14(5-6-17(16)25)19-10-18(31-32-19)20-28-11-15(24)12-29-20/h5-6,9-12H,3-4,7-8,13H2,1-2H3,(H2,26,30)/t22-,33?/m0/s1. The average Bonchev–Trinajstić information content (AvgIpc) is 3.49. The van der Waals surface area contributed by atoms with E-state index in [2.05, 4.69) is 15.1 Å². The summed E-state index contributed by atoms with van der Waals surface area (Å²) in [5.41, 5.74) is 7.36. The third-order valence-corrected chi connectivity index (χ3v) is 9.52. The van der Waals surface area contributed by atoms with Crippen molar-refractivity contribution in [3.8, 4) is 22.8 Å². The summed E-state index contributed by atoms with van der Waals surface area (Å²) in [5, 5.41) is 4.50. The SMILES string of the molecule is C/N=S1/C[C@@](C)(c2cc(-c3cc(-c4ncc(Cl)cn4)no3)ccc2F)N=C(N)C12CCCC2. The molecule has 7 nitrogen and oxygen atoms in total. The molecule has 3 aromatic rings. The molecule has 0 saturated heterocycles. The van der Waals surface area contributed by atoms with Gasteiger partial charge in [-0.1, -0.05) is 40.3 Å². The molecular weight excluding hydrogens is 463 g/mol. The summed E-state index contributed by atoms with van der Waals surface area (Å²) >= 11 is 5.86. The summed E-state index contributed by atoms with van der Waals surface area (Å²) in [6.07, 6.45) is 7.23. The van der Waals surface area contributed by atoms with Crippen LogP contribution in [0.1, 0.15) is 38.2 Å². The van der Waals surface area contributed by atoms with E-state index in [-0.39, 0.29) is 21.3 Å². The van der Waals surface area contributed by atoms with Crippen LogP contribution in [0.25, 0.3) is 22.8 Å². The molecule has 1 aliphatic heterocycles. The van der Waals surface area contributed by atoms with Crippen molar-refractivity contribution in [3.63, 3.8) is 0 Å². The fourth-order valence-corrected chi connectivity index (χ4v) is 7.44. The second-order valence-corrected chi connectivity index (χ2v) is 11.3. The van der Waals surface area contributed by atoms with Gasteiger partial charge in [-0.05, 0) is 38.0 Å². The number of aliphatic imine (C=N–C) groups is 1. The molecule has 1 aromatic carbocycles. The smallest absolute Gasteiger partial charge is 0.181 e. The van der Waals surface area contributed by atoms with Gasteiger partial charge >= 0.3 is 0 Å². The monoisotopic (exact) mass is 486 g/mol. The third kappa shape index (κ3) is 3.77. The van der Waals surface area contributed by atoms with Crippen LogP contribution in [0.5, 0.6) is 0 Å². The molecule has 3 heterocycles. The highest BCUT2D eigenvalue weighted by Gasteiger charge is 2.49. The number of halogens is 2. The van der Waals surface area contributed by atoms with Gasteiger partial charge in [0.2, 0.25) is 0 Å². The molecule has 33 heavy (non-hydrogen) atoms. The average molecular weight is 487 g/mol. The molecule has 0 radical (unpaired) electrons. The lowest BCUT2D eigenvalue weighted by atomic mass is 9.91. The molecule has 1 unspecified atom stereocenters. The first-order valence-corrected chi connectivity index (χ1v) is 12.5. The highest BCUT2D eigenvalue weighted by molar-refractivity contribution is 7.89. The number of amidine groups is 1. The van der Waals surface area contributed by atoms with Crippen molar-refractivity contribution in [2.75, 3.05) is 12.8 Å². The molecule has 172 valence electrons. The zero-order valence-electron chi connectivity index (χ0n) is 18.4. The molecule has 2 aliphatic rings. The van der Waals surface area contributed by atoms with Gasteiger partial charge in [0.25, 0.3) is 0 Å². The predicted molar refractivity (Wildman–Crippen MR) is 129 cm³/mol. The third-order valence-electron chi connectivity index (χ3n) is 6.53. The predicted octanol–water partition coefficient (Wildman–Crippen LogP) is 4.92. The van der Waals surface area contributed by atoms with Gasteiger partial charge in [-0.25, -0.2) is 14.4 Å². The summed E-state index contributed by atoms with van der Waals surface area (Å²) in [4.78, 5) is 13.2. The normalized spacial score (nSPS) is 24.4. The quantitative estimate of drug-likeness (QED) is 0.565. The first kappa shape index (κ1) is 22.2. The molecule has 5 rings (SSSR count). The second-order valence-electron chi connectivity index (χ2n) is 8.66. The number of hydrogen-bond acceptors (Lipinski definition) is 7. The van der Waals surface area contributed by atoms with Gasteiger partial charge in [0.15, 0.2) is 17.3 Å². The fraction of sp³-hybridized carbons (Fsp3) is 0.391. The Kier molecular flexibility index (Phi) is 5.56. The maximum absolute atomic E-state index is 15.1. The van der Waals surface area contributed by atoms with Crippen LogP contribution < -0.4 is 5.73 Å². The minimum absolute atomic E-state index is 0.166. The van der Waals surface area contributed by atoms with E-state index in [0.29, 0.717) is 45.0 Å². The Bertz CT molecular complexity index is 1270. The molecule has 0 bridgehead atoms. The maximum atomic E-state index is 15.1. The van der Waals surface area contributed by atoms with Gasteiger partial charge in [-0.15, -0.1) is 0 Å². The van der Waals surface area contributed by atoms with Gasteiger partial charge in [0.1, 0.15) is 11.7 Å².